The first-order valence-electron chi connectivity index (χ1n) is 8.89. The van der Waals surface area contributed by atoms with Crippen LogP contribution in [0.3, 0.4) is 0 Å². The van der Waals surface area contributed by atoms with Gasteiger partial charge in [-0.1, -0.05) is 13.8 Å². The quantitative estimate of drug-likeness (QED) is 0.822. The summed E-state index contributed by atoms with van der Waals surface area (Å²) in [6.07, 6.45) is 3.88. The third-order valence-corrected chi connectivity index (χ3v) is 7.77. The Hall–Kier alpha value is -1.67. The van der Waals surface area contributed by atoms with Crippen molar-refractivity contribution in [2.45, 2.75) is 56.7 Å². The highest BCUT2D eigenvalue weighted by atomic mass is 32.2. The fraction of sp³-hybridized carbons (Fsp3) is 0.556. The van der Waals surface area contributed by atoms with Gasteiger partial charge in [0.15, 0.2) is 0 Å². The van der Waals surface area contributed by atoms with Gasteiger partial charge in [0.1, 0.15) is 9.84 Å². The van der Waals surface area contributed by atoms with E-state index in [1.165, 1.54) is 6.26 Å². The SMILES string of the molecule is CC(C)c1nc2ccc(NC(=O)NC3CCC(S(C)(=O)=O)CC3)cc2s1. The van der Waals surface area contributed by atoms with E-state index in [1.807, 2.05) is 18.2 Å². The number of amides is 2. The maximum atomic E-state index is 12.3. The lowest BCUT2D eigenvalue weighted by Crippen LogP contribution is -2.42. The fourth-order valence-electron chi connectivity index (χ4n) is 3.26. The molecule has 142 valence electrons. The van der Waals surface area contributed by atoms with Gasteiger partial charge in [0.25, 0.3) is 0 Å². The van der Waals surface area contributed by atoms with Gasteiger partial charge in [-0.3, -0.25) is 0 Å². The molecule has 0 spiro atoms. The van der Waals surface area contributed by atoms with Crippen molar-refractivity contribution in [3.05, 3.63) is 23.2 Å². The molecule has 0 radical (unpaired) electrons. The van der Waals surface area contributed by atoms with Crippen molar-refractivity contribution in [1.29, 1.82) is 0 Å². The largest absolute Gasteiger partial charge is 0.335 e. The Morgan fingerprint density at radius 1 is 1.23 bits per heavy atom. The first kappa shape index (κ1) is 19.1. The van der Waals surface area contributed by atoms with E-state index in [0.29, 0.717) is 31.6 Å². The number of hydrogen-bond donors (Lipinski definition) is 2. The Morgan fingerprint density at radius 2 is 1.92 bits per heavy atom. The molecule has 1 fully saturated rings. The summed E-state index contributed by atoms with van der Waals surface area (Å²) < 4.78 is 24.3. The van der Waals surface area contributed by atoms with Crippen LogP contribution >= 0.6 is 11.3 Å². The van der Waals surface area contributed by atoms with Crippen molar-refractivity contribution < 1.29 is 13.2 Å². The van der Waals surface area contributed by atoms with Gasteiger partial charge < -0.3 is 10.6 Å². The summed E-state index contributed by atoms with van der Waals surface area (Å²) >= 11 is 1.65. The molecule has 0 aliphatic heterocycles. The van der Waals surface area contributed by atoms with Gasteiger partial charge in [-0.15, -0.1) is 11.3 Å². The number of carbonyl (C=O) groups excluding carboxylic acids is 1. The molecular formula is C18H25N3O3S2. The van der Waals surface area contributed by atoms with Crippen LogP contribution in [0.2, 0.25) is 0 Å². The number of rotatable bonds is 4. The number of sulfone groups is 1. The second kappa shape index (κ2) is 7.52. The Morgan fingerprint density at radius 3 is 2.54 bits per heavy atom. The summed E-state index contributed by atoms with van der Waals surface area (Å²) in [7, 11) is -2.98. The van der Waals surface area contributed by atoms with E-state index in [2.05, 4.69) is 29.5 Å². The first-order valence-corrected chi connectivity index (χ1v) is 11.7. The highest BCUT2D eigenvalue weighted by Crippen LogP contribution is 2.29. The predicted molar refractivity (Wildman–Crippen MR) is 107 cm³/mol. The van der Waals surface area contributed by atoms with Gasteiger partial charge in [-0.25, -0.2) is 18.2 Å². The molecule has 1 heterocycles. The molecule has 1 aliphatic carbocycles. The van der Waals surface area contributed by atoms with Crippen LogP contribution in [0.25, 0.3) is 10.2 Å². The first-order chi connectivity index (χ1) is 12.2. The zero-order valence-electron chi connectivity index (χ0n) is 15.3. The number of nitrogens with zero attached hydrogens (tertiary/aromatic N) is 1. The van der Waals surface area contributed by atoms with Crippen LogP contribution in [-0.4, -0.2) is 37.0 Å². The predicted octanol–water partition coefficient (Wildman–Crippen LogP) is 3.90. The number of anilines is 1. The zero-order valence-corrected chi connectivity index (χ0v) is 16.9. The molecule has 0 saturated heterocycles. The van der Waals surface area contributed by atoms with Crippen molar-refractivity contribution in [3.63, 3.8) is 0 Å². The molecule has 2 amide bonds. The molecule has 2 aromatic rings. The Kier molecular flexibility index (Phi) is 5.53. The topological polar surface area (TPSA) is 88.2 Å². The van der Waals surface area contributed by atoms with Gasteiger partial charge in [0.2, 0.25) is 0 Å². The van der Waals surface area contributed by atoms with E-state index in [-0.39, 0.29) is 17.3 Å². The Bertz CT molecular complexity index is 898. The Balaban J connectivity index is 1.57. The second-order valence-electron chi connectivity index (χ2n) is 7.29. The van der Waals surface area contributed by atoms with Crippen molar-refractivity contribution in [2.75, 3.05) is 11.6 Å². The lowest BCUT2D eigenvalue weighted by atomic mass is 9.95. The standard InChI is InChI=1S/C18H25N3O3S2/c1-11(2)17-21-15-9-6-13(10-16(15)25-17)20-18(22)19-12-4-7-14(8-5-12)26(3,23)24/h6,9-12,14H,4-5,7-8H2,1-3H3,(H2,19,20,22). The van der Waals surface area contributed by atoms with E-state index in [1.54, 1.807) is 11.3 Å². The minimum Gasteiger partial charge on any atom is -0.335 e. The van der Waals surface area contributed by atoms with Crippen LogP contribution in [0.1, 0.15) is 50.5 Å². The summed E-state index contributed by atoms with van der Waals surface area (Å²) in [5.74, 6) is 0.383. The van der Waals surface area contributed by atoms with Gasteiger partial charge in [0, 0.05) is 23.9 Å². The van der Waals surface area contributed by atoms with Crippen LogP contribution in [0.5, 0.6) is 0 Å². The highest BCUT2D eigenvalue weighted by Gasteiger charge is 2.28. The van der Waals surface area contributed by atoms with Crippen molar-refractivity contribution in [1.82, 2.24) is 10.3 Å². The third kappa shape index (κ3) is 4.54. The summed E-state index contributed by atoms with van der Waals surface area (Å²) in [6.45, 7) is 4.23. The van der Waals surface area contributed by atoms with E-state index >= 15 is 0 Å². The van der Waals surface area contributed by atoms with Crippen molar-refractivity contribution in [2.24, 2.45) is 0 Å². The summed E-state index contributed by atoms with van der Waals surface area (Å²) in [4.78, 5) is 16.8. The molecule has 0 atom stereocenters. The minimum absolute atomic E-state index is 0.0210. The third-order valence-electron chi connectivity index (χ3n) is 4.77. The van der Waals surface area contributed by atoms with E-state index in [0.717, 1.165) is 20.9 Å². The van der Waals surface area contributed by atoms with Crippen LogP contribution < -0.4 is 10.6 Å². The number of urea groups is 1. The van der Waals surface area contributed by atoms with E-state index in [9.17, 15) is 13.2 Å². The molecule has 8 heteroatoms. The summed E-state index contributed by atoms with van der Waals surface area (Å²) in [5.41, 5.74) is 1.68. The second-order valence-corrected chi connectivity index (χ2v) is 10.7. The number of carbonyl (C=O) groups is 1. The number of nitrogens with one attached hydrogen (secondary N) is 2. The molecule has 1 saturated carbocycles. The lowest BCUT2D eigenvalue weighted by Gasteiger charge is -2.28. The smallest absolute Gasteiger partial charge is 0.319 e. The normalized spacial score (nSPS) is 21.1. The van der Waals surface area contributed by atoms with Crippen LogP contribution in [-0.2, 0) is 9.84 Å². The number of hydrogen-bond acceptors (Lipinski definition) is 5. The molecule has 1 aromatic heterocycles. The van der Waals surface area contributed by atoms with Crippen LogP contribution in [0, 0.1) is 0 Å². The molecule has 1 aliphatic rings. The average molecular weight is 396 g/mol. The monoisotopic (exact) mass is 395 g/mol. The molecule has 6 nitrogen and oxygen atoms in total. The van der Waals surface area contributed by atoms with Gasteiger partial charge in [-0.2, -0.15) is 0 Å². The highest BCUT2D eigenvalue weighted by molar-refractivity contribution is 7.91. The molecule has 0 unspecified atom stereocenters. The molecule has 3 rings (SSSR count). The number of benzene rings is 1. The van der Waals surface area contributed by atoms with Crippen LogP contribution in [0.4, 0.5) is 10.5 Å². The molecule has 2 N–H and O–H groups in total. The number of aromatic nitrogens is 1. The van der Waals surface area contributed by atoms with Crippen molar-refractivity contribution >= 4 is 43.1 Å². The molecular weight excluding hydrogens is 370 g/mol. The maximum Gasteiger partial charge on any atom is 0.319 e. The number of thiazole rings is 1. The summed E-state index contributed by atoms with van der Waals surface area (Å²) in [5, 5.41) is 6.64. The summed E-state index contributed by atoms with van der Waals surface area (Å²) in [6, 6.07) is 5.49. The van der Waals surface area contributed by atoms with E-state index < -0.39 is 9.84 Å². The van der Waals surface area contributed by atoms with Gasteiger partial charge >= 0.3 is 6.03 Å². The molecule has 0 bridgehead atoms. The maximum absolute atomic E-state index is 12.3. The van der Waals surface area contributed by atoms with Crippen LogP contribution in [0.15, 0.2) is 18.2 Å². The molecule has 1 aromatic carbocycles. The van der Waals surface area contributed by atoms with E-state index in [4.69, 9.17) is 0 Å². The lowest BCUT2D eigenvalue weighted by molar-refractivity contribution is 0.244. The minimum atomic E-state index is -2.98. The number of fused-ring (bicyclic) bond motifs is 1. The zero-order chi connectivity index (χ0) is 18.9. The average Bonchev–Trinajstić information content (AvgIpc) is 2.98. The van der Waals surface area contributed by atoms with Gasteiger partial charge in [0.05, 0.1) is 20.5 Å². The molecule has 26 heavy (non-hydrogen) atoms. The fourth-order valence-corrected chi connectivity index (χ4v) is 5.39. The van der Waals surface area contributed by atoms with Crippen molar-refractivity contribution in [3.8, 4) is 0 Å². The Labute approximate surface area is 158 Å². The van der Waals surface area contributed by atoms with Gasteiger partial charge in [-0.05, 0) is 43.9 Å².